The number of nitrogens with zero attached hydrogens (tertiary/aromatic N) is 1. The fourth-order valence-corrected chi connectivity index (χ4v) is 1.74. The summed E-state index contributed by atoms with van der Waals surface area (Å²) in [5.74, 6) is 0. The SMILES string of the molecule is C/C(=N\OCc1ccc(C)cc1)c1ccc(C)cc1. The van der Waals surface area contributed by atoms with Crippen molar-refractivity contribution in [1.82, 2.24) is 0 Å². The van der Waals surface area contributed by atoms with Gasteiger partial charge >= 0.3 is 0 Å². The number of hydrogen-bond donors (Lipinski definition) is 0. The lowest BCUT2D eigenvalue weighted by atomic mass is 10.1. The Kier molecular flexibility index (Phi) is 4.35. The van der Waals surface area contributed by atoms with E-state index < -0.39 is 0 Å². The van der Waals surface area contributed by atoms with Crippen molar-refractivity contribution < 1.29 is 4.84 Å². The van der Waals surface area contributed by atoms with Gasteiger partial charge in [-0.3, -0.25) is 0 Å². The van der Waals surface area contributed by atoms with Crippen LogP contribution in [0.15, 0.2) is 53.7 Å². The standard InChI is InChI=1S/C17H19NO/c1-13-4-8-16(9-5-13)12-19-18-15(3)17-10-6-14(2)7-11-17/h4-11H,12H2,1-3H3/b18-15+. The second-order valence-corrected chi connectivity index (χ2v) is 4.80. The number of hydrogen-bond acceptors (Lipinski definition) is 2. The van der Waals surface area contributed by atoms with E-state index in [-0.39, 0.29) is 0 Å². The van der Waals surface area contributed by atoms with Crippen LogP contribution in [0.2, 0.25) is 0 Å². The lowest BCUT2D eigenvalue weighted by Gasteiger charge is -2.03. The molecular formula is C17H19NO. The second-order valence-electron chi connectivity index (χ2n) is 4.80. The molecule has 0 amide bonds. The first kappa shape index (κ1) is 13.3. The minimum Gasteiger partial charge on any atom is -0.391 e. The van der Waals surface area contributed by atoms with Crippen LogP contribution in [0.5, 0.6) is 0 Å². The third kappa shape index (κ3) is 3.95. The maximum absolute atomic E-state index is 5.39. The van der Waals surface area contributed by atoms with Gasteiger partial charge in [0.05, 0.1) is 5.71 Å². The van der Waals surface area contributed by atoms with Gasteiger partial charge < -0.3 is 4.84 Å². The highest BCUT2D eigenvalue weighted by Crippen LogP contribution is 2.07. The predicted octanol–water partition coefficient (Wildman–Crippen LogP) is 4.24. The van der Waals surface area contributed by atoms with Crippen LogP contribution < -0.4 is 0 Å². The number of aryl methyl sites for hydroxylation is 2. The summed E-state index contributed by atoms with van der Waals surface area (Å²) in [6.07, 6.45) is 0. The molecule has 19 heavy (non-hydrogen) atoms. The third-order valence-corrected chi connectivity index (χ3v) is 3.02. The third-order valence-electron chi connectivity index (χ3n) is 3.02. The summed E-state index contributed by atoms with van der Waals surface area (Å²) in [7, 11) is 0. The number of rotatable bonds is 4. The van der Waals surface area contributed by atoms with Crippen molar-refractivity contribution in [1.29, 1.82) is 0 Å². The molecule has 0 aromatic heterocycles. The van der Waals surface area contributed by atoms with Gasteiger partial charge in [-0.1, -0.05) is 64.8 Å². The molecule has 0 atom stereocenters. The fraction of sp³-hybridized carbons (Fsp3) is 0.235. The summed E-state index contributed by atoms with van der Waals surface area (Å²) in [5.41, 5.74) is 5.62. The quantitative estimate of drug-likeness (QED) is 0.590. The molecule has 0 spiro atoms. The zero-order valence-corrected chi connectivity index (χ0v) is 11.7. The summed E-state index contributed by atoms with van der Waals surface area (Å²) in [5, 5.41) is 4.16. The van der Waals surface area contributed by atoms with E-state index >= 15 is 0 Å². The van der Waals surface area contributed by atoms with E-state index in [9.17, 15) is 0 Å². The van der Waals surface area contributed by atoms with Gasteiger partial charge in [0, 0.05) is 0 Å². The minimum absolute atomic E-state index is 0.503. The first-order valence-electron chi connectivity index (χ1n) is 6.44. The maximum Gasteiger partial charge on any atom is 0.142 e. The van der Waals surface area contributed by atoms with E-state index in [1.165, 1.54) is 11.1 Å². The average molecular weight is 253 g/mol. The van der Waals surface area contributed by atoms with Crippen LogP contribution in [-0.4, -0.2) is 5.71 Å². The average Bonchev–Trinajstić information content (AvgIpc) is 2.41. The van der Waals surface area contributed by atoms with Gasteiger partial charge in [-0.2, -0.15) is 0 Å². The molecule has 0 unspecified atom stereocenters. The van der Waals surface area contributed by atoms with E-state index in [2.05, 4.69) is 67.5 Å². The molecule has 0 N–H and O–H groups in total. The lowest BCUT2D eigenvalue weighted by Crippen LogP contribution is -1.97. The Morgan fingerprint density at radius 3 is 2.00 bits per heavy atom. The van der Waals surface area contributed by atoms with Crippen molar-refractivity contribution >= 4 is 5.71 Å². The van der Waals surface area contributed by atoms with Crippen LogP contribution in [0, 0.1) is 13.8 Å². The van der Waals surface area contributed by atoms with Crippen LogP contribution >= 0.6 is 0 Å². The molecule has 2 heteroatoms. The minimum atomic E-state index is 0.503. The molecule has 2 aromatic carbocycles. The van der Waals surface area contributed by atoms with E-state index in [0.29, 0.717) is 6.61 Å². The Morgan fingerprint density at radius 2 is 1.42 bits per heavy atom. The Labute approximate surface area is 114 Å². The Hall–Kier alpha value is -2.09. The van der Waals surface area contributed by atoms with Crippen LogP contribution in [-0.2, 0) is 11.4 Å². The molecule has 0 aliphatic heterocycles. The van der Waals surface area contributed by atoms with E-state index in [0.717, 1.165) is 16.8 Å². The van der Waals surface area contributed by atoms with Gasteiger partial charge in [-0.25, -0.2) is 0 Å². The fourth-order valence-electron chi connectivity index (χ4n) is 1.74. The van der Waals surface area contributed by atoms with Crippen LogP contribution in [0.3, 0.4) is 0 Å². The van der Waals surface area contributed by atoms with Crippen molar-refractivity contribution in [3.05, 3.63) is 70.8 Å². The van der Waals surface area contributed by atoms with Gasteiger partial charge in [0.2, 0.25) is 0 Å². The zero-order valence-electron chi connectivity index (χ0n) is 11.7. The molecule has 2 rings (SSSR count). The van der Waals surface area contributed by atoms with Gasteiger partial charge in [0.15, 0.2) is 0 Å². The summed E-state index contributed by atoms with van der Waals surface area (Å²) >= 11 is 0. The normalized spacial score (nSPS) is 11.4. The van der Waals surface area contributed by atoms with Gasteiger partial charge in [0.25, 0.3) is 0 Å². The van der Waals surface area contributed by atoms with E-state index in [1.54, 1.807) is 0 Å². The van der Waals surface area contributed by atoms with Crippen molar-refractivity contribution in [2.45, 2.75) is 27.4 Å². The van der Waals surface area contributed by atoms with E-state index in [1.807, 2.05) is 6.92 Å². The highest BCUT2D eigenvalue weighted by molar-refractivity contribution is 5.98. The first-order chi connectivity index (χ1) is 9.15. The molecule has 2 aromatic rings. The Morgan fingerprint density at radius 1 is 0.895 bits per heavy atom. The number of benzene rings is 2. The van der Waals surface area contributed by atoms with Crippen LogP contribution in [0.25, 0.3) is 0 Å². The molecule has 0 bridgehead atoms. The highest BCUT2D eigenvalue weighted by atomic mass is 16.6. The van der Waals surface area contributed by atoms with Gasteiger partial charge in [-0.15, -0.1) is 0 Å². The van der Waals surface area contributed by atoms with Crippen LogP contribution in [0.1, 0.15) is 29.2 Å². The molecule has 0 fully saturated rings. The molecule has 98 valence electrons. The lowest BCUT2D eigenvalue weighted by molar-refractivity contribution is 0.130. The molecule has 0 saturated heterocycles. The molecular weight excluding hydrogens is 234 g/mol. The van der Waals surface area contributed by atoms with Gasteiger partial charge in [0.1, 0.15) is 6.61 Å². The smallest absolute Gasteiger partial charge is 0.142 e. The summed E-state index contributed by atoms with van der Waals surface area (Å²) in [4.78, 5) is 5.39. The Balaban J connectivity index is 1.95. The van der Waals surface area contributed by atoms with E-state index in [4.69, 9.17) is 4.84 Å². The topological polar surface area (TPSA) is 21.6 Å². The summed E-state index contributed by atoms with van der Waals surface area (Å²) < 4.78 is 0. The van der Waals surface area contributed by atoms with Crippen molar-refractivity contribution in [3.63, 3.8) is 0 Å². The second kappa shape index (κ2) is 6.19. The molecule has 0 aliphatic rings. The number of oxime groups is 1. The Bertz CT molecular complexity index is 553. The first-order valence-corrected chi connectivity index (χ1v) is 6.44. The summed E-state index contributed by atoms with van der Waals surface area (Å²) in [6.45, 7) is 6.61. The molecule has 2 nitrogen and oxygen atoms in total. The monoisotopic (exact) mass is 253 g/mol. The molecule has 0 saturated carbocycles. The zero-order chi connectivity index (χ0) is 13.7. The largest absolute Gasteiger partial charge is 0.391 e. The molecule has 0 radical (unpaired) electrons. The highest BCUT2D eigenvalue weighted by Gasteiger charge is 1.98. The molecule has 0 heterocycles. The van der Waals surface area contributed by atoms with Gasteiger partial charge in [-0.05, 0) is 31.9 Å². The maximum atomic E-state index is 5.39. The summed E-state index contributed by atoms with van der Waals surface area (Å²) in [6, 6.07) is 16.6. The molecule has 0 aliphatic carbocycles. The van der Waals surface area contributed by atoms with Crippen LogP contribution in [0.4, 0.5) is 0 Å². The van der Waals surface area contributed by atoms with Crippen molar-refractivity contribution in [2.24, 2.45) is 5.16 Å². The van der Waals surface area contributed by atoms with Crippen molar-refractivity contribution in [2.75, 3.05) is 0 Å². The van der Waals surface area contributed by atoms with Crippen molar-refractivity contribution in [3.8, 4) is 0 Å². The predicted molar refractivity (Wildman–Crippen MR) is 79.4 cm³/mol.